The minimum atomic E-state index is -0.785. The van der Waals surface area contributed by atoms with E-state index in [1.807, 2.05) is 42.5 Å². The number of hydrogen-bond donors (Lipinski definition) is 2. The van der Waals surface area contributed by atoms with Crippen molar-refractivity contribution in [3.8, 4) is 0 Å². The van der Waals surface area contributed by atoms with Gasteiger partial charge in [-0.25, -0.2) is 0 Å². The van der Waals surface area contributed by atoms with Gasteiger partial charge in [0.25, 0.3) is 0 Å². The third-order valence-corrected chi connectivity index (χ3v) is 3.21. The Labute approximate surface area is 118 Å². The molecule has 1 heterocycles. The smallest absolute Gasteiger partial charge is 0.226 e. The molecule has 1 aromatic heterocycles. The number of aromatic nitrogens is 1. The summed E-state index contributed by atoms with van der Waals surface area (Å²) in [6.45, 7) is 1.64. The van der Waals surface area contributed by atoms with Crippen LogP contribution in [-0.4, -0.2) is 22.6 Å². The van der Waals surface area contributed by atoms with Gasteiger partial charge in [0.1, 0.15) is 0 Å². The molecule has 2 rings (SSSR count). The van der Waals surface area contributed by atoms with Gasteiger partial charge in [-0.05, 0) is 24.6 Å². The minimum absolute atomic E-state index is 0.162. The largest absolute Gasteiger partial charge is 0.394 e. The van der Waals surface area contributed by atoms with Crippen molar-refractivity contribution in [2.75, 3.05) is 6.61 Å². The van der Waals surface area contributed by atoms with Gasteiger partial charge in [0, 0.05) is 11.9 Å². The van der Waals surface area contributed by atoms with E-state index in [0.717, 1.165) is 5.56 Å². The molecule has 0 saturated carbocycles. The number of pyridine rings is 1. The van der Waals surface area contributed by atoms with E-state index in [4.69, 9.17) is 0 Å². The number of aliphatic hydroxyl groups is 1. The van der Waals surface area contributed by atoms with Crippen molar-refractivity contribution in [2.45, 2.75) is 18.9 Å². The molecule has 20 heavy (non-hydrogen) atoms. The summed E-state index contributed by atoms with van der Waals surface area (Å²) < 4.78 is 0. The summed E-state index contributed by atoms with van der Waals surface area (Å²) in [5.41, 5.74) is 0.794. The van der Waals surface area contributed by atoms with Crippen molar-refractivity contribution in [1.82, 2.24) is 10.3 Å². The number of carbonyl (C=O) groups is 1. The van der Waals surface area contributed by atoms with Crippen molar-refractivity contribution < 1.29 is 9.90 Å². The van der Waals surface area contributed by atoms with Crippen LogP contribution in [0.3, 0.4) is 0 Å². The maximum atomic E-state index is 12.1. The molecule has 4 heteroatoms. The second kappa shape index (κ2) is 6.30. The van der Waals surface area contributed by atoms with Gasteiger partial charge in [0.05, 0.1) is 18.6 Å². The number of amides is 1. The first-order chi connectivity index (χ1) is 9.64. The predicted molar refractivity (Wildman–Crippen MR) is 77.0 cm³/mol. The molecule has 104 valence electrons. The van der Waals surface area contributed by atoms with E-state index in [-0.39, 0.29) is 18.9 Å². The number of carbonyl (C=O) groups excluding carboxylic acids is 1. The maximum absolute atomic E-state index is 12.1. The maximum Gasteiger partial charge on any atom is 0.226 e. The van der Waals surface area contributed by atoms with E-state index >= 15 is 0 Å². The molecule has 0 radical (unpaired) electrons. The van der Waals surface area contributed by atoms with Crippen LogP contribution < -0.4 is 5.32 Å². The molecule has 0 spiro atoms. The third-order valence-electron chi connectivity index (χ3n) is 3.21. The topological polar surface area (TPSA) is 62.2 Å². The van der Waals surface area contributed by atoms with E-state index in [1.54, 1.807) is 19.2 Å². The second-order valence-corrected chi connectivity index (χ2v) is 4.90. The molecule has 1 amide bonds. The summed E-state index contributed by atoms with van der Waals surface area (Å²) >= 11 is 0. The standard InChI is InChI=1S/C16H18N2O2/c1-16(12-19,13-7-3-2-4-8-13)18-15(20)11-14-9-5-6-10-17-14/h2-10,19H,11-12H2,1H3,(H,18,20). The fourth-order valence-electron chi connectivity index (χ4n) is 2.03. The number of benzene rings is 1. The van der Waals surface area contributed by atoms with Gasteiger partial charge in [0.2, 0.25) is 5.91 Å². The van der Waals surface area contributed by atoms with Crippen molar-refractivity contribution in [2.24, 2.45) is 0 Å². The van der Waals surface area contributed by atoms with Crippen LogP contribution >= 0.6 is 0 Å². The average Bonchev–Trinajstić information content (AvgIpc) is 2.49. The van der Waals surface area contributed by atoms with Gasteiger partial charge in [-0.15, -0.1) is 0 Å². The zero-order valence-electron chi connectivity index (χ0n) is 11.4. The normalized spacial score (nSPS) is 13.5. The summed E-state index contributed by atoms with van der Waals surface area (Å²) in [5.74, 6) is -0.163. The SMILES string of the molecule is CC(CO)(NC(=O)Cc1ccccn1)c1ccccc1. The molecule has 1 atom stereocenters. The fourth-order valence-corrected chi connectivity index (χ4v) is 2.03. The average molecular weight is 270 g/mol. The van der Waals surface area contributed by atoms with E-state index in [1.165, 1.54) is 0 Å². The number of rotatable bonds is 5. The van der Waals surface area contributed by atoms with Gasteiger partial charge >= 0.3 is 0 Å². The highest BCUT2D eigenvalue weighted by Crippen LogP contribution is 2.19. The van der Waals surface area contributed by atoms with E-state index in [0.29, 0.717) is 5.69 Å². The second-order valence-electron chi connectivity index (χ2n) is 4.90. The lowest BCUT2D eigenvalue weighted by Gasteiger charge is -2.29. The molecule has 1 aromatic carbocycles. The number of nitrogens with zero attached hydrogens (tertiary/aromatic N) is 1. The van der Waals surface area contributed by atoms with Crippen molar-refractivity contribution in [1.29, 1.82) is 0 Å². The van der Waals surface area contributed by atoms with Gasteiger partial charge in [-0.3, -0.25) is 9.78 Å². The zero-order chi connectivity index (χ0) is 14.4. The van der Waals surface area contributed by atoms with Crippen LogP contribution in [0.25, 0.3) is 0 Å². The van der Waals surface area contributed by atoms with Crippen LogP contribution in [0.5, 0.6) is 0 Å². The Balaban J connectivity index is 2.08. The Kier molecular flexibility index (Phi) is 4.48. The summed E-state index contributed by atoms with van der Waals surface area (Å²) in [7, 11) is 0. The summed E-state index contributed by atoms with van der Waals surface area (Å²) in [5, 5.41) is 12.5. The lowest BCUT2D eigenvalue weighted by atomic mass is 9.92. The number of aliphatic hydroxyl groups excluding tert-OH is 1. The van der Waals surface area contributed by atoms with Crippen molar-refractivity contribution >= 4 is 5.91 Å². The summed E-state index contributed by atoms with van der Waals surface area (Å²) in [6, 6.07) is 14.9. The molecule has 0 bridgehead atoms. The molecule has 2 aromatic rings. The van der Waals surface area contributed by atoms with Gasteiger partial charge in [-0.1, -0.05) is 36.4 Å². The molecule has 1 unspecified atom stereocenters. The van der Waals surface area contributed by atoms with Crippen LogP contribution in [0.4, 0.5) is 0 Å². The van der Waals surface area contributed by atoms with Crippen molar-refractivity contribution in [3.63, 3.8) is 0 Å². The highest BCUT2D eigenvalue weighted by atomic mass is 16.3. The van der Waals surface area contributed by atoms with Crippen LogP contribution in [0.1, 0.15) is 18.2 Å². The Hall–Kier alpha value is -2.20. The molecule has 2 N–H and O–H groups in total. The van der Waals surface area contributed by atoms with Gasteiger partial charge < -0.3 is 10.4 Å². The predicted octanol–water partition coefficient (Wildman–Crippen LogP) is 1.65. The zero-order valence-corrected chi connectivity index (χ0v) is 11.4. The molecular weight excluding hydrogens is 252 g/mol. The van der Waals surface area contributed by atoms with E-state index < -0.39 is 5.54 Å². The van der Waals surface area contributed by atoms with Gasteiger partial charge in [-0.2, -0.15) is 0 Å². The Morgan fingerprint density at radius 3 is 2.50 bits per heavy atom. The Bertz CT molecular complexity index is 557. The van der Waals surface area contributed by atoms with E-state index in [9.17, 15) is 9.90 Å². The highest BCUT2D eigenvalue weighted by Gasteiger charge is 2.27. The molecule has 0 fully saturated rings. The lowest BCUT2D eigenvalue weighted by molar-refractivity contribution is -0.122. The van der Waals surface area contributed by atoms with Crippen LogP contribution in [0.15, 0.2) is 54.7 Å². The van der Waals surface area contributed by atoms with Crippen LogP contribution in [0.2, 0.25) is 0 Å². The molecule has 0 saturated heterocycles. The number of nitrogens with one attached hydrogen (secondary N) is 1. The quantitative estimate of drug-likeness (QED) is 0.868. The number of hydrogen-bond acceptors (Lipinski definition) is 3. The van der Waals surface area contributed by atoms with Crippen LogP contribution in [0, 0.1) is 0 Å². The summed E-state index contributed by atoms with van der Waals surface area (Å²) in [4.78, 5) is 16.2. The Morgan fingerprint density at radius 1 is 1.20 bits per heavy atom. The Morgan fingerprint density at radius 2 is 1.90 bits per heavy atom. The first kappa shape index (κ1) is 14.2. The first-order valence-electron chi connectivity index (χ1n) is 6.51. The highest BCUT2D eigenvalue weighted by molar-refractivity contribution is 5.79. The minimum Gasteiger partial charge on any atom is -0.394 e. The molecule has 0 aliphatic carbocycles. The molecule has 4 nitrogen and oxygen atoms in total. The van der Waals surface area contributed by atoms with Crippen molar-refractivity contribution in [3.05, 3.63) is 66.0 Å². The molecular formula is C16H18N2O2. The van der Waals surface area contributed by atoms with Crippen LogP contribution in [-0.2, 0) is 16.8 Å². The summed E-state index contributed by atoms with van der Waals surface area (Å²) in [6.07, 6.45) is 1.86. The molecule has 0 aliphatic heterocycles. The third kappa shape index (κ3) is 3.42. The van der Waals surface area contributed by atoms with E-state index in [2.05, 4.69) is 10.3 Å². The fraction of sp³-hybridized carbons (Fsp3) is 0.250. The molecule has 0 aliphatic rings. The monoisotopic (exact) mass is 270 g/mol. The lowest BCUT2D eigenvalue weighted by Crippen LogP contribution is -2.47. The first-order valence-corrected chi connectivity index (χ1v) is 6.51. The van der Waals surface area contributed by atoms with Gasteiger partial charge in [0.15, 0.2) is 0 Å².